The average Bonchev–Trinajstić information content (AvgIpc) is 1.93. The summed E-state index contributed by atoms with van der Waals surface area (Å²) in [7, 11) is 0. The molecule has 1 unspecified atom stereocenters. The molecule has 1 atom stereocenters. The van der Waals surface area contributed by atoms with Crippen LogP contribution in [0.1, 0.15) is 39.0 Å². The molecule has 0 amide bonds. The highest BCUT2D eigenvalue weighted by atomic mass is 15.2. The Balaban J connectivity index is 2.20. The second kappa shape index (κ2) is 4.63. The maximum Gasteiger partial charge on any atom is 0.0241 e. The minimum atomic E-state index is 0.524. The molecule has 2 nitrogen and oxygen atoms in total. The molecule has 0 spiro atoms. The van der Waals surface area contributed by atoms with E-state index in [1.54, 1.807) is 0 Å². The zero-order valence-electron chi connectivity index (χ0n) is 7.97. The van der Waals surface area contributed by atoms with Crippen LogP contribution >= 0.6 is 0 Å². The molecular formula is C10H20N2. The smallest absolute Gasteiger partial charge is 0.0241 e. The summed E-state index contributed by atoms with van der Waals surface area (Å²) in [6.07, 6.45) is 6.34. The van der Waals surface area contributed by atoms with Gasteiger partial charge in [-0.15, -0.1) is 6.58 Å². The quantitative estimate of drug-likeness (QED) is 0.374. The van der Waals surface area contributed by atoms with Crippen LogP contribution in [0.2, 0.25) is 0 Å². The summed E-state index contributed by atoms with van der Waals surface area (Å²) < 4.78 is 0. The van der Waals surface area contributed by atoms with Crippen LogP contribution in [0.25, 0.3) is 0 Å². The molecule has 0 aliphatic heterocycles. The van der Waals surface area contributed by atoms with Crippen LogP contribution in [0, 0.1) is 5.92 Å². The number of hydrazine groups is 1. The normalized spacial score (nSPS) is 20.2. The summed E-state index contributed by atoms with van der Waals surface area (Å²) >= 11 is 0. The Morgan fingerprint density at radius 1 is 1.67 bits per heavy atom. The van der Waals surface area contributed by atoms with Crippen LogP contribution in [0.4, 0.5) is 0 Å². The largest absolute Gasteiger partial charge is 0.271 e. The highest BCUT2D eigenvalue weighted by molar-refractivity contribution is 4.91. The first-order chi connectivity index (χ1) is 5.74. The zero-order chi connectivity index (χ0) is 8.97. The Hall–Kier alpha value is -0.340. The third kappa shape index (κ3) is 2.61. The lowest BCUT2D eigenvalue weighted by atomic mass is 9.78. The summed E-state index contributed by atoms with van der Waals surface area (Å²) in [5.74, 6) is 6.32. The molecule has 0 bridgehead atoms. The number of hydrogen-bond donors (Lipinski definition) is 2. The molecule has 0 heterocycles. The third-order valence-corrected chi connectivity index (χ3v) is 2.82. The van der Waals surface area contributed by atoms with Crippen molar-refractivity contribution in [1.29, 1.82) is 0 Å². The number of rotatable bonds is 5. The van der Waals surface area contributed by atoms with Gasteiger partial charge in [-0.05, 0) is 38.5 Å². The van der Waals surface area contributed by atoms with Gasteiger partial charge in [-0.3, -0.25) is 11.3 Å². The highest BCUT2D eigenvalue weighted by Gasteiger charge is 2.25. The fourth-order valence-electron chi connectivity index (χ4n) is 1.70. The van der Waals surface area contributed by atoms with Crippen molar-refractivity contribution in [3.8, 4) is 0 Å². The van der Waals surface area contributed by atoms with Crippen molar-refractivity contribution in [3.63, 3.8) is 0 Å². The number of nitrogens with one attached hydrogen (secondary N) is 1. The van der Waals surface area contributed by atoms with Crippen LogP contribution in [0.15, 0.2) is 12.2 Å². The first kappa shape index (κ1) is 9.75. The Labute approximate surface area is 75.2 Å². The SMILES string of the molecule is C=C(C)CCC(NN)C1CCC1. The molecule has 0 aromatic carbocycles. The van der Waals surface area contributed by atoms with Crippen molar-refractivity contribution in [2.24, 2.45) is 11.8 Å². The third-order valence-electron chi connectivity index (χ3n) is 2.82. The molecule has 2 heteroatoms. The van der Waals surface area contributed by atoms with Crippen molar-refractivity contribution in [3.05, 3.63) is 12.2 Å². The molecule has 1 saturated carbocycles. The molecule has 1 aliphatic carbocycles. The van der Waals surface area contributed by atoms with E-state index >= 15 is 0 Å². The van der Waals surface area contributed by atoms with E-state index in [2.05, 4.69) is 18.9 Å². The van der Waals surface area contributed by atoms with Crippen molar-refractivity contribution >= 4 is 0 Å². The van der Waals surface area contributed by atoms with E-state index in [0.717, 1.165) is 18.8 Å². The first-order valence-electron chi connectivity index (χ1n) is 4.84. The molecular weight excluding hydrogens is 148 g/mol. The van der Waals surface area contributed by atoms with E-state index in [1.807, 2.05) is 0 Å². The van der Waals surface area contributed by atoms with E-state index in [1.165, 1.54) is 24.8 Å². The van der Waals surface area contributed by atoms with Crippen molar-refractivity contribution < 1.29 is 0 Å². The maximum absolute atomic E-state index is 5.49. The van der Waals surface area contributed by atoms with Crippen molar-refractivity contribution in [1.82, 2.24) is 5.43 Å². The molecule has 70 valence electrons. The first-order valence-corrected chi connectivity index (χ1v) is 4.84. The summed E-state index contributed by atoms with van der Waals surface area (Å²) in [5.41, 5.74) is 4.18. The Bertz CT molecular complexity index is 150. The minimum Gasteiger partial charge on any atom is -0.271 e. The molecule has 1 fully saturated rings. The molecule has 1 aliphatic rings. The van der Waals surface area contributed by atoms with Gasteiger partial charge in [-0.25, -0.2) is 0 Å². The van der Waals surface area contributed by atoms with Crippen molar-refractivity contribution in [2.75, 3.05) is 0 Å². The molecule has 1 rings (SSSR count). The van der Waals surface area contributed by atoms with Crippen LogP contribution in [-0.2, 0) is 0 Å². The van der Waals surface area contributed by atoms with E-state index in [-0.39, 0.29) is 0 Å². The molecule has 3 N–H and O–H groups in total. The molecule has 0 aromatic heterocycles. The summed E-state index contributed by atoms with van der Waals surface area (Å²) in [6, 6.07) is 0.524. The lowest BCUT2D eigenvalue weighted by Crippen LogP contribution is -2.43. The van der Waals surface area contributed by atoms with Gasteiger partial charge in [0.25, 0.3) is 0 Å². The minimum absolute atomic E-state index is 0.524. The van der Waals surface area contributed by atoms with E-state index in [4.69, 9.17) is 5.84 Å². The Kier molecular flexibility index (Phi) is 3.76. The summed E-state index contributed by atoms with van der Waals surface area (Å²) in [6.45, 7) is 5.97. The topological polar surface area (TPSA) is 38.0 Å². The van der Waals surface area contributed by atoms with E-state index < -0.39 is 0 Å². The van der Waals surface area contributed by atoms with Gasteiger partial charge in [0.1, 0.15) is 0 Å². The van der Waals surface area contributed by atoms with Crippen LogP contribution in [0.3, 0.4) is 0 Å². The van der Waals surface area contributed by atoms with Gasteiger partial charge in [0.2, 0.25) is 0 Å². The molecule has 0 radical (unpaired) electrons. The van der Waals surface area contributed by atoms with Gasteiger partial charge in [0, 0.05) is 6.04 Å². The second-order valence-electron chi connectivity index (χ2n) is 3.96. The van der Waals surface area contributed by atoms with Gasteiger partial charge in [0.15, 0.2) is 0 Å². The van der Waals surface area contributed by atoms with Gasteiger partial charge in [-0.2, -0.15) is 0 Å². The van der Waals surface area contributed by atoms with E-state index in [9.17, 15) is 0 Å². The number of allylic oxidation sites excluding steroid dienone is 1. The van der Waals surface area contributed by atoms with Gasteiger partial charge in [0.05, 0.1) is 0 Å². The van der Waals surface area contributed by atoms with Gasteiger partial charge >= 0.3 is 0 Å². The standard InChI is InChI=1S/C10H20N2/c1-8(2)6-7-10(12-11)9-4-3-5-9/h9-10,12H,1,3-7,11H2,2H3. The van der Waals surface area contributed by atoms with Crippen molar-refractivity contribution in [2.45, 2.75) is 45.1 Å². The lowest BCUT2D eigenvalue weighted by Gasteiger charge is -2.33. The number of hydrogen-bond acceptors (Lipinski definition) is 2. The van der Waals surface area contributed by atoms with Gasteiger partial charge in [-0.1, -0.05) is 12.0 Å². The van der Waals surface area contributed by atoms with E-state index in [0.29, 0.717) is 6.04 Å². The predicted molar refractivity (Wildman–Crippen MR) is 52.5 cm³/mol. The maximum atomic E-state index is 5.49. The highest BCUT2D eigenvalue weighted by Crippen LogP contribution is 2.31. The molecule has 12 heavy (non-hydrogen) atoms. The van der Waals surface area contributed by atoms with Crippen LogP contribution in [-0.4, -0.2) is 6.04 Å². The molecule has 0 aromatic rings. The predicted octanol–water partition coefficient (Wildman–Crippen LogP) is 1.97. The fraction of sp³-hybridized carbons (Fsp3) is 0.800. The van der Waals surface area contributed by atoms with Gasteiger partial charge < -0.3 is 0 Å². The zero-order valence-corrected chi connectivity index (χ0v) is 7.97. The average molecular weight is 168 g/mol. The Morgan fingerprint density at radius 3 is 2.67 bits per heavy atom. The summed E-state index contributed by atoms with van der Waals surface area (Å²) in [4.78, 5) is 0. The summed E-state index contributed by atoms with van der Waals surface area (Å²) in [5, 5.41) is 0. The monoisotopic (exact) mass is 168 g/mol. The fourth-order valence-corrected chi connectivity index (χ4v) is 1.70. The second-order valence-corrected chi connectivity index (χ2v) is 3.96. The lowest BCUT2D eigenvalue weighted by molar-refractivity contribution is 0.221. The van der Waals surface area contributed by atoms with Crippen LogP contribution in [0.5, 0.6) is 0 Å². The molecule has 0 saturated heterocycles. The number of nitrogens with two attached hydrogens (primary N) is 1. The Morgan fingerprint density at radius 2 is 2.33 bits per heavy atom. The van der Waals surface area contributed by atoms with Crippen LogP contribution < -0.4 is 11.3 Å².